The predicted molar refractivity (Wildman–Crippen MR) is 97.5 cm³/mol. The van der Waals surface area contributed by atoms with E-state index >= 15 is 0 Å². The zero-order valence-corrected chi connectivity index (χ0v) is 15.4. The van der Waals surface area contributed by atoms with Crippen LogP contribution in [0, 0.1) is 0 Å². The number of carbonyl (C=O) groups excluding carboxylic acids is 1. The number of methoxy groups -OCH3 is 2. The summed E-state index contributed by atoms with van der Waals surface area (Å²) in [4.78, 5) is 12.2. The average molecular weight is 391 g/mol. The Kier molecular flexibility index (Phi) is 6.52. The Labute approximate surface area is 149 Å². The molecule has 0 aromatic heterocycles. The SMILES string of the molecule is COCc1cc(/C(C)=N\NC(=O)c2ccccc2Br)ccc1OC. The number of hydrogen-bond acceptors (Lipinski definition) is 4. The molecule has 0 unspecified atom stereocenters. The van der Waals surface area contributed by atoms with Crippen molar-refractivity contribution in [1.29, 1.82) is 0 Å². The van der Waals surface area contributed by atoms with Gasteiger partial charge in [-0.15, -0.1) is 0 Å². The lowest BCUT2D eigenvalue weighted by Gasteiger charge is -2.10. The third-order valence-corrected chi connectivity index (χ3v) is 4.13. The third-order valence-electron chi connectivity index (χ3n) is 3.44. The smallest absolute Gasteiger partial charge is 0.272 e. The molecule has 2 rings (SSSR count). The fraction of sp³-hybridized carbons (Fsp3) is 0.222. The van der Waals surface area contributed by atoms with E-state index in [4.69, 9.17) is 9.47 Å². The highest BCUT2D eigenvalue weighted by molar-refractivity contribution is 9.10. The molecule has 2 aromatic rings. The van der Waals surface area contributed by atoms with E-state index in [0.717, 1.165) is 21.3 Å². The first-order valence-corrected chi connectivity index (χ1v) is 8.11. The summed E-state index contributed by atoms with van der Waals surface area (Å²) in [5.74, 6) is 0.484. The van der Waals surface area contributed by atoms with E-state index in [1.165, 1.54) is 0 Å². The van der Waals surface area contributed by atoms with Gasteiger partial charge in [0.05, 0.1) is 25.0 Å². The van der Waals surface area contributed by atoms with Gasteiger partial charge in [-0.2, -0.15) is 5.10 Å². The molecule has 0 aliphatic heterocycles. The van der Waals surface area contributed by atoms with Crippen LogP contribution < -0.4 is 10.2 Å². The summed E-state index contributed by atoms with van der Waals surface area (Å²) in [7, 11) is 3.25. The molecular weight excluding hydrogens is 372 g/mol. The van der Waals surface area contributed by atoms with Crippen LogP contribution in [-0.4, -0.2) is 25.8 Å². The molecule has 0 aliphatic carbocycles. The Morgan fingerprint density at radius 2 is 1.96 bits per heavy atom. The van der Waals surface area contributed by atoms with Crippen molar-refractivity contribution in [3.8, 4) is 5.75 Å². The topological polar surface area (TPSA) is 59.9 Å². The molecule has 0 spiro atoms. The molecule has 1 N–H and O–H groups in total. The fourth-order valence-corrected chi connectivity index (χ4v) is 2.64. The number of rotatable bonds is 6. The number of carbonyl (C=O) groups is 1. The summed E-state index contributed by atoms with van der Waals surface area (Å²) in [6.07, 6.45) is 0. The number of halogens is 1. The molecule has 2 aromatic carbocycles. The summed E-state index contributed by atoms with van der Waals surface area (Å²) >= 11 is 3.35. The highest BCUT2D eigenvalue weighted by Crippen LogP contribution is 2.21. The normalized spacial score (nSPS) is 11.2. The van der Waals surface area contributed by atoms with Gasteiger partial charge in [-0.3, -0.25) is 4.79 Å². The van der Waals surface area contributed by atoms with Gasteiger partial charge >= 0.3 is 0 Å². The highest BCUT2D eigenvalue weighted by atomic mass is 79.9. The van der Waals surface area contributed by atoms with E-state index in [1.807, 2.05) is 37.3 Å². The van der Waals surface area contributed by atoms with Crippen molar-refractivity contribution < 1.29 is 14.3 Å². The number of nitrogens with zero attached hydrogens (tertiary/aromatic N) is 1. The largest absolute Gasteiger partial charge is 0.496 e. The highest BCUT2D eigenvalue weighted by Gasteiger charge is 2.09. The third kappa shape index (κ3) is 4.43. The number of benzene rings is 2. The van der Waals surface area contributed by atoms with Crippen molar-refractivity contribution in [2.45, 2.75) is 13.5 Å². The quantitative estimate of drug-likeness (QED) is 0.603. The van der Waals surface area contributed by atoms with Crippen molar-refractivity contribution in [2.24, 2.45) is 5.10 Å². The van der Waals surface area contributed by atoms with Crippen molar-refractivity contribution in [2.75, 3.05) is 14.2 Å². The van der Waals surface area contributed by atoms with Gasteiger partial charge in [0, 0.05) is 17.1 Å². The molecule has 1 amide bonds. The van der Waals surface area contributed by atoms with Crippen molar-refractivity contribution in [3.63, 3.8) is 0 Å². The summed E-state index contributed by atoms with van der Waals surface area (Å²) in [6.45, 7) is 2.27. The minimum atomic E-state index is -0.271. The van der Waals surface area contributed by atoms with Crippen LogP contribution in [0.15, 0.2) is 52.0 Å². The second-order valence-electron chi connectivity index (χ2n) is 5.08. The number of hydrogen-bond donors (Lipinski definition) is 1. The van der Waals surface area contributed by atoms with Gasteiger partial charge in [0.25, 0.3) is 5.91 Å². The summed E-state index contributed by atoms with van der Waals surface area (Å²) in [5, 5.41) is 4.18. The van der Waals surface area contributed by atoms with Crippen LogP contribution in [0.25, 0.3) is 0 Å². The predicted octanol–water partition coefficient (Wildman–Crippen LogP) is 3.76. The van der Waals surface area contributed by atoms with Crippen LogP contribution >= 0.6 is 15.9 Å². The second-order valence-corrected chi connectivity index (χ2v) is 5.93. The molecule has 0 saturated carbocycles. The molecular formula is C18H19BrN2O3. The summed E-state index contributed by atoms with van der Waals surface area (Å²) in [5.41, 5.74) is 5.60. The average Bonchev–Trinajstić information content (AvgIpc) is 2.60. The van der Waals surface area contributed by atoms with Gasteiger partial charge in [-0.25, -0.2) is 5.43 Å². The molecule has 0 atom stereocenters. The molecule has 0 fully saturated rings. The lowest BCUT2D eigenvalue weighted by molar-refractivity contribution is 0.0954. The van der Waals surface area contributed by atoms with E-state index in [2.05, 4.69) is 26.5 Å². The maximum absolute atomic E-state index is 12.2. The van der Waals surface area contributed by atoms with Crippen LogP contribution in [0.1, 0.15) is 28.4 Å². The lowest BCUT2D eigenvalue weighted by Crippen LogP contribution is -2.19. The molecule has 126 valence electrons. The van der Waals surface area contributed by atoms with Crippen molar-refractivity contribution in [1.82, 2.24) is 5.43 Å². The minimum absolute atomic E-state index is 0.271. The molecule has 5 nitrogen and oxygen atoms in total. The summed E-state index contributed by atoms with van der Waals surface area (Å²) in [6, 6.07) is 12.9. The lowest BCUT2D eigenvalue weighted by atomic mass is 10.1. The van der Waals surface area contributed by atoms with E-state index in [1.54, 1.807) is 26.4 Å². The standard InChI is InChI=1S/C18H19BrN2O3/c1-12(13-8-9-17(24-3)14(10-13)11-23-2)20-21-18(22)15-6-4-5-7-16(15)19/h4-10H,11H2,1-3H3,(H,21,22)/b20-12-. The van der Waals surface area contributed by atoms with Crippen LogP contribution in [-0.2, 0) is 11.3 Å². The van der Waals surface area contributed by atoms with Gasteiger partial charge in [-0.05, 0) is 58.7 Å². The Hall–Kier alpha value is -2.18. The first-order valence-electron chi connectivity index (χ1n) is 7.32. The van der Waals surface area contributed by atoms with E-state index in [0.29, 0.717) is 17.9 Å². The molecule has 24 heavy (non-hydrogen) atoms. The maximum Gasteiger partial charge on any atom is 0.272 e. The zero-order chi connectivity index (χ0) is 17.5. The minimum Gasteiger partial charge on any atom is -0.496 e. The zero-order valence-electron chi connectivity index (χ0n) is 13.8. The first kappa shape index (κ1) is 18.2. The van der Waals surface area contributed by atoms with Gasteiger partial charge in [0.15, 0.2) is 0 Å². The molecule has 0 bridgehead atoms. The molecule has 0 heterocycles. The number of ether oxygens (including phenoxy) is 2. The van der Waals surface area contributed by atoms with E-state index in [-0.39, 0.29) is 5.91 Å². The van der Waals surface area contributed by atoms with Crippen LogP contribution in [0.5, 0.6) is 5.75 Å². The van der Waals surface area contributed by atoms with Crippen LogP contribution in [0.3, 0.4) is 0 Å². The Morgan fingerprint density at radius 3 is 2.62 bits per heavy atom. The summed E-state index contributed by atoms with van der Waals surface area (Å²) < 4.78 is 11.2. The van der Waals surface area contributed by atoms with Crippen LogP contribution in [0.2, 0.25) is 0 Å². The Bertz CT molecular complexity index is 760. The van der Waals surface area contributed by atoms with E-state index < -0.39 is 0 Å². The number of amides is 1. The Balaban J connectivity index is 2.17. The molecule has 0 radical (unpaired) electrons. The van der Waals surface area contributed by atoms with E-state index in [9.17, 15) is 4.79 Å². The van der Waals surface area contributed by atoms with Crippen molar-refractivity contribution >= 4 is 27.5 Å². The van der Waals surface area contributed by atoms with Gasteiger partial charge in [-0.1, -0.05) is 12.1 Å². The fourth-order valence-electron chi connectivity index (χ4n) is 2.18. The van der Waals surface area contributed by atoms with Gasteiger partial charge in [0.2, 0.25) is 0 Å². The van der Waals surface area contributed by atoms with Crippen molar-refractivity contribution in [3.05, 3.63) is 63.6 Å². The first-order chi connectivity index (χ1) is 11.6. The Morgan fingerprint density at radius 1 is 1.21 bits per heavy atom. The number of hydrazone groups is 1. The molecule has 0 aliphatic rings. The second kappa shape index (κ2) is 8.61. The molecule has 0 saturated heterocycles. The maximum atomic E-state index is 12.2. The molecule has 6 heteroatoms. The number of nitrogens with one attached hydrogen (secondary N) is 1. The monoisotopic (exact) mass is 390 g/mol. The van der Waals surface area contributed by atoms with Gasteiger partial charge in [0.1, 0.15) is 5.75 Å². The van der Waals surface area contributed by atoms with Crippen LogP contribution in [0.4, 0.5) is 0 Å². The van der Waals surface area contributed by atoms with Gasteiger partial charge < -0.3 is 9.47 Å².